The Morgan fingerprint density at radius 1 is 1.53 bits per heavy atom. The first-order chi connectivity index (χ1) is 8.19. The predicted octanol–water partition coefficient (Wildman–Crippen LogP) is 2.55. The Balaban J connectivity index is 2.71. The molecule has 90 valence electrons. The molecule has 0 aliphatic rings. The van der Waals surface area contributed by atoms with Crippen LogP contribution >= 0.6 is 11.3 Å². The number of benzene rings is 1. The second-order valence-corrected chi connectivity index (χ2v) is 4.59. The van der Waals surface area contributed by atoms with Gasteiger partial charge in [-0.15, -0.1) is 11.3 Å². The van der Waals surface area contributed by atoms with Gasteiger partial charge in [-0.1, -0.05) is 6.07 Å². The van der Waals surface area contributed by atoms with E-state index >= 15 is 0 Å². The lowest BCUT2D eigenvalue weighted by atomic mass is 10.1. The number of fused-ring (bicyclic) bond motifs is 1. The molecule has 5 heteroatoms. The van der Waals surface area contributed by atoms with Gasteiger partial charge in [-0.3, -0.25) is 4.79 Å². The topological polar surface area (TPSA) is 38.3 Å². The van der Waals surface area contributed by atoms with Gasteiger partial charge in [0, 0.05) is 29.8 Å². The lowest BCUT2D eigenvalue weighted by Crippen LogP contribution is -2.18. The maximum absolute atomic E-state index is 13.8. The summed E-state index contributed by atoms with van der Waals surface area (Å²) in [5, 5.41) is 3.04. The van der Waals surface area contributed by atoms with Gasteiger partial charge in [-0.05, 0) is 12.1 Å². The van der Waals surface area contributed by atoms with Gasteiger partial charge in [0.2, 0.25) is 0 Å². The van der Waals surface area contributed by atoms with Gasteiger partial charge >= 0.3 is 0 Å². The molecule has 0 radical (unpaired) electrons. The van der Waals surface area contributed by atoms with E-state index in [1.54, 1.807) is 19.2 Å². The SMILES string of the molecule is CNC(=O)c1sc2cccc(F)c2c1COC. The Morgan fingerprint density at radius 2 is 2.29 bits per heavy atom. The number of amides is 1. The molecule has 0 saturated heterocycles. The Morgan fingerprint density at radius 3 is 2.94 bits per heavy atom. The fourth-order valence-electron chi connectivity index (χ4n) is 1.75. The monoisotopic (exact) mass is 253 g/mol. The van der Waals surface area contributed by atoms with Crippen molar-refractivity contribution in [2.24, 2.45) is 0 Å². The van der Waals surface area contributed by atoms with Crippen LogP contribution in [0.2, 0.25) is 0 Å². The number of hydrogen-bond donors (Lipinski definition) is 1. The average molecular weight is 253 g/mol. The van der Waals surface area contributed by atoms with Gasteiger partial charge < -0.3 is 10.1 Å². The summed E-state index contributed by atoms with van der Waals surface area (Å²) in [5.41, 5.74) is 0.616. The van der Waals surface area contributed by atoms with Crippen LogP contribution in [-0.4, -0.2) is 20.1 Å². The largest absolute Gasteiger partial charge is 0.380 e. The molecule has 0 aliphatic carbocycles. The molecule has 1 heterocycles. The van der Waals surface area contributed by atoms with Crippen LogP contribution in [0.1, 0.15) is 15.2 Å². The lowest BCUT2D eigenvalue weighted by molar-refractivity contribution is 0.0963. The van der Waals surface area contributed by atoms with Gasteiger partial charge in [0.25, 0.3) is 5.91 Å². The predicted molar refractivity (Wildman–Crippen MR) is 65.9 cm³/mol. The quantitative estimate of drug-likeness (QED) is 0.913. The number of ether oxygens (including phenoxy) is 1. The summed E-state index contributed by atoms with van der Waals surface area (Å²) in [6, 6.07) is 4.83. The summed E-state index contributed by atoms with van der Waals surface area (Å²) < 4.78 is 19.6. The van der Waals surface area contributed by atoms with Crippen LogP contribution in [-0.2, 0) is 11.3 Å². The summed E-state index contributed by atoms with van der Waals surface area (Å²) in [7, 11) is 3.08. The normalized spacial score (nSPS) is 10.8. The summed E-state index contributed by atoms with van der Waals surface area (Å²) in [5.74, 6) is -0.529. The van der Waals surface area contributed by atoms with Gasteiger partial charge in [0.05, 0.1) is 11.5 Å². The Hall–Kier alpha value is -1.46. The summed E-state index contributed by atoms with van der Waals surface area (Å²) >= 11 is 1.28. The molecule has 2 rings (SSSR count). The van der Waals surface area contributed by atoms with Crippen molar-refractivity contribution in [1.29, 1.82) is 0 Å². The molecule has 0 spiro atoms. The van der Waals surface area contributed by atoms with E-state index in [1.165, 1.54) is 24.5 Å². The summed E-state index contributed by atoms with van der Waals surface area (Å²) in [6.45, 7) is 0.226. The highest BCUT2D eigenvalue weighted by molar-refractivity contribution is 7.21. The molecule has 0 atom stereocenters. The first-order valence-corrected chi connectivity index (χ1v) is 5.91. The van der Waals surface area contributed by atoms with Crippen LogP contribution in [0.3, 0.4) is 0 Å². The fourth-order valence-corrected chi connectivity index (χ4v) is 2.91. The molecule has 3 nitrogen and oxygen atoms in total. The van der Waals surface area contributed by atoms with E-state index in [1.807, 2.05) is 0 Å². The molecule has 1 N–H and O–H groups in total. The molecule has 17 heavy (non-hydrogen) atoms. The van der Waals surface area contributed by atoms with Crippen LogP contribution in [0.25, 0.3) is 10.1 Å². The fraction of sp³-hybridized carbons (Fsp3) is 0.250. The van der Waals surface area contributed by atoms with Crippen molar-refractivity contribution in [1.82, 2.24) is 5.32 Å². The number of carbonyl (C=O) groups is 1. The number of halogens is 1. The summed E-state index contributed by atoms with van der Waals surface area (Å²) in [6.07, 6.45) is 0. The van der Waals surface area contributed by atoms with Crippen LogP contribution < -0.4 is 5.32 Å². The van der Waals surface area contributed by atoms with E-state index in [2.05, 4.69) is 5.32 Å². The number of carbonyl (C=O) groups excluding carboxylic acids is 1. The van der Waals surface area contributed by atoms with E-state index in [9.17, 15) is 9.18 Å². The first-order valence-electron chi connectivity index (χ1n) is 5.10. The number of nitrogens with one attached hydrogen (secondary N) is 1. The zero-order valence-electron chi connectivity index (χ0n) is 9.54. The van der Waals surface area contributed by atoms with E-state index in [0.717, 1.165) is 4.70 Å². The third-order valence-electron chi connectivity index (χ3n) is 2.49. The van der Waals surface area contributed by atoms with Gasteiger partial charge in [0.1, 0.15) is 5.82 Å². The second kappa shape index (κ2) is 4.81. The molecule has 1 aromatic carbocycles. The van der Waals surface area contributed by atoms with Crippen LogP contribution in [0.15, 0.2) is 18.2 Å². The highest BCUT2D eigenvalue weighted by Crippen LogP contribution is 2.33. The molecule has 0 bridgehead atoms. The minimum Gasteiger partial charge on any atom is -0.380 e. The zero-order chi connectivity index (χ0) is 12.4. The third kappa shape index (κ3) is 2.03. The zero-order valence-corrected chi connectivity index (χ0v) is 10.4. The molecule has 2 aromatic rings. The first kappa shape index (κ1) is 12.0. The van der Waals surface area contributed by atoms with E-state index < -0.39 is 0 Å². The number of hydrogen-bond acceptors (Lipinski definition) is 3. The average Bonchev–Trinajstić information content (AvgIpc) is 2.69. The van der Waals surface area contributed by atoms with Crippen molar-refractivity contribution in [3.05, 3.63) is 34.5 Å². The van der Waals surface area contributed by atoms with Crippen molar-refractivity contribution >= 4 is 27.3 Å². The molecular weight excluding hydrogens is 241 g/mol. The highest BCUT2D eigenvalue weighted by Gasteiger charge is 2.19. The molecule has 0 unspecified atom stereocenters. The molecule has 0 saturated carbocycles. The minimum atomic E-state index is -0.319. The molecule has 1 aromatic heterocycles. The molecular formula is C12H12FNO2S. The van der Waals surface area contributed by atoms with Crippen molar-refractivity contribution in [2.75, 3.05) is 14.2 Å². The molecule has 0 fully saturated rings. The summed E-state index contributed by atoms with van der Waals surface area (Å²) in [4.78, 5) is 12.2. The minimum absolute atomic E-state index is 0.211. The van der Waals surface area contributed by atoms with Gasteiger partial charge in [0.15, 0.2) is 0 Å². The van der Waals surface area contributed by atoms with E-state index in [-0.39, 0.29) is 18.3 Å². The van der Waals surface area contributed by atoms with Crippen molar-refractivity contribution in [3.8, 4) is 0 Å². The van der Waals surface area contributed by atoms with E-state index in [0.29, 0.717) is 15.8 Å². The number of rotatable bonds is 3. The maximum atomic E-state index is 13.8. The highest BCUT2D eigenvalue weighted by atomic mass is 32.1. The second-order valence-electron chi connectivity index (χ2n) is 3.53. The maximum Gasteiger partial charge on any atom is 0.261 e. The lowest BCUT2D eigenvalue weighted by Gasteiger charge is -2.02. The number of methoxy groups -OCH3 is 1. The van der Waals surface area contributed by atoms with Crippen LogP contribution in [0.4, 0.5) is 4.39 Å². The smallest absolute Gasteiger partial charge is 0.261 e. The van der Waals surface area contributed by atoms with E-state index in [4.69, 9.17) is 4.74 Å². The molecule has 1 amide bonds. The number of thiophene rings is 1. The van der Waals surface area contributed by atoms with Crippen molar-refractivity contribution in [2.45, 2.75) is 6.61 Å². The van der Waals surface area contributed by atoms with Crippen LogP contribution in [0.5, 0.6) is 0 Å². The van der Waals surface area contributed by atoms with Crippen LogP contribution in [0, 0.1) is 5.82 Å². The standard InChI is InChI=1S/C12H12FNO2S/c1-14-12(15)11-7(6-16-2)10-8(13)4-3-5-9(10)17-11/h3-5H,6H2,1-2H3,(H,14,15). The van der Waals surface area contributed by atoms with Gasteiger partial charge in [-0.25, -0.2) is 4.39 Å². The molecule has 0 aliphatic heterocycles. The Kier molecular flexibility index (Phi) is 3.40. The van der Waals surface area contributed by atoms with Crippen molar-refractivity contribution < 1.29 is 13.9 Å². The Bertz CT molecular complexity index is 565. The van der Waals surface area contributed by atoms with Gasteiger partial charge in [-0.2, -0.15) is 0 Å². The van der Waals surface area contributed by atoms with Crippen molar-refractivity contribution in [3.63, 3.8) is 0 Å². The Labute approximate surface area is 102 Å². The third-order valence-corrected chi connectivity index (χ3v) is 3.68.